The van der Waals surface area contributed by atoms with Gasteiger partial charge < -0.3 is 9.32 Å². The molecule has 5 heteroatoms. The minimum Gasteiger partial charge on any atom is -0.438 e. The van der Waals surface area contributed by atoms with Crippen molar-refractivity contribution in [3.05, 3.63) is 45.6 Å². The Balaban J connectivity index is 1.81. The zero-order valence-corrected chi connectivity index (χ0v) is 13.2. The highest BCUT2D eigenvalue weighted by atomic mass is 79.9. The van der Waals surface area contributed by atoms with E-state index in [2.05, 4.69) is 25.8 Å². The maximum absolute atomic E-state index is 6.07. The van der Waals surface area contributed by atoms with Gasteiger partial charge in [0.1, 0.15) is 5.76 Å². The van der Waals surface area contributed by atoms with Gasteiger partial charge in [-0.3, -0.25) is 4.99 Å². The Morgan fingerprint density at radius 1 is 1.25 bits per heavy atom. The van der Waals surface area contributed by atoms with Crippen molar-refractivity contribution in [2.45, 2.75) is 12.8 Å². The largest absolute Gasteiger partial charge is 0.438 e. The zero-order chi connectivity index (χ0) is 13.9. The third-order valence-electron chi connectivity index (χ3n) is 3.26. The predicted molar refractivity (Wildman–Crippen MR) is 86.6 cm³/mol. The first-order chi connectivity index (χ1) is 9.74. The highest BCUT2D eigenvalue weighted by Crippen LogP contribution is 2.32. The molecule has 0 atom stereocenters. The normalized spacial score (nSPS) is 15.4. The summed E-state index contributed by atoms with van der Waals surface area (Å²) < 4.78 is 6.82. The molecule has 1 saturated heterocycles. The maximum Gasteiger partial charge on any atom is 0.210 e. The minimum atomic E-state index is 0.633. The summed E-state index contributed by atoms with van der Waals surface area (Å²) in [4.78, 5) is 6.61. The fourth-order valence-electron chi connectivity index (χ4n) is 2.27. The highest BCUT2D eigenvalue weighted by Gasteiger charge is 2.19. The summed E-state index contributed by atoms with van der Waals surface area (Å²) in [6, 6.07) is 9.43. The van der Waals surface area contributed by atoms with E-state index < -0.39 is 0 Å². The van der Waals surface area contributed by atoms with Crippen LogP contribution in [0.3, 0.4) is 0 Å². The van der Waals surface area contributed by atoms with E-state index in [0.717, 1.165) is 34.9 Å². The van der Waals surface area contributed by atoms with Crippen molar-refractivity contribution in [1.29, 1.82) is 0 Å². The second kappa shape index (κ2) is 6.02. The number of anilines is 1. The van der Waals surface area contributed by atoms with Crippen molar-refractivity contribution in [3.8, 4) is 0 Å². The van der Waals surface area contributed by atoms with Crippen molar-refractivity contribution < 1.29 is 4.42 Å². The molecule has 0 spiro atoms. The van der Waals surface area contributed by atoms with Crippen LogP contribution in [0.1, 0.15) is 18.6 Å². The molecule has 1 aliphatic rings. The van der Waals surface area contributed by atoms with Crippen LogP contribution < -0.4 is 4.90 Å². The quantitative estimate of drug-likeness (QED) is 0.723. The Morgan fingerprint density at radius 3 is 2.75 bits per heavy atom. The summed E-state index contributed by atoms with van der Waals surface area (Å²) in [5.41, 5.74) is 0.740. The van der Waals surface area contributed by atoms with Crippen LogP contribution >= 0.6 is 27.5 Å². The Morgan fingerprint density at radius 2 is 2.00 bits per heavy atom. The Labute approximate surface area is 131 Å². The zero-order valence-electron chi connectivity index (χ0n) is 10.9. The molecule has 0 aliphatic carbocycles. The second-order valence-electron chi connectivity index (χ2n) is 4.71. The van der Waals surface area contributed by atoms with Crippen LogP contribution in [0.15, 0.2) is 44.2 Å². The molecule has 3 nitrogen and oxygen atoms in total. The number of hydrogen-bond donors (Lipinski definition) is 0. The van der Waals surface area contributed by atoms with E-state index in [-0.39, 0.29) is 0 Å². The van der Waals surface area contributed by atoms with Gasteiger partial charge in [0.05, 0.1) is 21.4 Å². The van der Waals surface area contributed by atoms with Crippen LogP contribution in [-0.4, -0.2) is 19.3 Å². The van der Waals surface area contributed by atoms with Crippen molar-refractivity contribution >= 4 is 45.3 Å². The molecule has 0 saturated carbocycles. The first-order valence-corrected chi connectivity index (χ1v) is 7.74. The number of rotatable bonds is 3. The summed E-state index contributed by atoms with van der Waals surface area (Å²) >= 11 is 9.61. The van der Waals surface area contributed by atoms with E-state index in [9.17, 15) is 0 Å². The number of hydrogen-bond acceptors (Lipinski definition) is 3. The molecule has 0 unspecified atom stereocenters. The van der Waals surface area contributed by atoms with Crippen LogP contribution in [-0.2, 0) is 0 Å². The van der Waals surface area contributed by atoms with Crippen molar-refractivity contribution in [3.63, 3.8) is 0 Å². The van der Waals surface area contributed by atoms with E-state index in [1.165, 1.54) is 12.8 Å². The van der Waals surface area contributed by atoms with Crippen LogP contribution in [0, 0.1) is 0 Å². The topological polar surface area (TPSA) is 28.7 Å². The summed E-state index contributed by atoms with van der Waals surface area (Å²) in [5.74, 6) is 1.61. The molecule has 0 bridgehead atoms. The fraction of sp³-hybridized carbons (Fsp3) is 0.267. The molecule has 104 valence electrons. The van der Waals surface area contributed by atoms with Gasteiger partial charge in [0.2, 0.25) is 5.88 Å². The molecule has 1 aliphatic heterocycles. The molecule has 0 N–H and O–H groups in total. The Bertz CT molecular complexity index is 633. The first-order valence-electron chi connectivity index (χ1n) is 6.57. The molecule has 1 fully saturated rings. The molecular weight excluding hydrogens is 340 g/mol. The van der Waals surface area contributed by atoms with Crippen molar-refractivity contribution in [2.75, 3.05) is 18.0 Å². The predicted octanol–water partition coefficient (Wildman–Crippen LogP) is 5.05. The van der Waals surface area contributed by atoms with Crippen LogP contribution in [0.5, 0.6) is 0 Å². The molecule has 2 heterocycles. The van der Waals surface area contributed by atoms with Crippen LogP contribution in [0.2, 0.25) is 5.02 Å². The van der Waals surface area contributed by atoms with E-state index in [0.29, 0.717) is 5.02 Å². The lowest BCUT2D eigenvalue weighted by molar-refractivity contribution is 0.549. The number of aliphatic imine (C=N–C) groups is 1. The van der Waals surface area contributed by atoms with Gasteiger partial charge in [0.25, 0.3) is 0 Å². The van der Waals surface area contributed by atoms with Gasteiger partial charge in [0.15, 0.2) is 0 Å². The monoisotopic (exact) mass is 352 g/mol. The summed E-state index contributed by atoms with van der Waals surface area (Å²) in [6.07, 6.45) is 4.14. The fourth-order valence-corrected chi connectivity index (χ4v) is 3.01. The lowest BCUT2D eigenvalue weighted by atomic mass is 10.3. The number of benzene rings is 1. The molecule has 0 amide bonds. The SMILES string of the molecule is Clc1ccccc1N=Cc1cc(Br)c(N2CCCC2)o1. The summed E-state index contributed by atoms with van der Waals surface area (Å²) in [7, 11) is 0. The van der Waals surface area contributed by atoms with Gasteiger partial charge >= 0.3 is 0 Å². The first kappa shape index (κ1) is 13.7. The highest BCUT2D eigenvalue weighted by molar-refractivity contribution is 9.10. The molecule has 0 radical (unpaired) electrons. The third-order valence-corrected chi connectivity index (χ3v) is 4.15. The number of nitrogens with zero attached hydrogens (tertiary/aromatic N) is 2. The van der Waals surface area contributed by atoms with Gasteiger partial charge in [-0.05, 0) is 40.9 Å². The molecule has 1 aromatic carbocycles. The van der Waals surface area contributed by atoms with Crippen LogP contribution in [0.4, 0.5) is 11.6 Å². The van der Waals surface area contributed by atoms with E-state index in [4.69, 9.17) is 16.0 Å². The lowest BCUT2D eigenvalue weighted by Gasteiger charge is -2.13. The number of furan rings is 1. The average molecular weight is 354 g/mol. The average Bonchev–Trinajstić information content (AvgIpc) is 3.07. The minimum absolute atomic E-state index is 0.633. The van der Waals surface area contributed by atoms with Gasteiger partial charge in [-0.2, -0.15) is 0 Å². The van der Waals surface area contributed by atoms with E-state index in [1.807, 2.05) is 30.3 Å². The van der Waals surface area contributed by atoms with Gasteiger partial charge in [-0.25, -0.2) is 0 Å². The second-order valence-corrected chi connectivity index (χ2v) is 5.97. The molecule has 3 rings (SSSR count). The van der Waals surface area contributed by atoms with Gasteiger partial charge in [-0.15, -0.1) is 0 Å². The van der Waals surface area contributed by atoms with Crippen LogP contribution in [0.25, 0.3) is 0 Å². The Kier molecular flexibility index (Phi) is 4.13. The standard InChI is InChI=1S/C15H14BrClN2O/c16-12-9-11(20-15(12)19-7-3-4-8-19)10-18-14-6-2-1-5-13(14)17/h1-2,5-6,9-10H,3-4,7-8H2. The Hall–Kier alpha value is -1.26. The lowest BCUT2D eigenvalue weighted by Crippen LogP contribution is -2.17. The molecule has 1 aromatic heterocycles. The summed E-state index contributed by atoms with van der Waals surface area (Å²) in [6.45, 7) is 2.10. The molecular formula is C15H14BrClN2O. The maximum atomic E-state index is 6.07. The smallest absolute Gasteiger partial charge is 0.210 e. The van der Waals surface area contributed by atoms with Gasteiger partial charge in [0, 0.05) is 19.2 Å². The summed E-state index contributed by atoms with van der Waals surface area (Å²) in [5, 5.41) is 0.633. The number of para-hydroxylation sites is 1. The van der Waals surface area contributed by atoms with Gasteiger partial charge in [-0.1, -0.05) is 23.7 Å². The molecule has 2 aromatic rings. The number of halogens is 2. The van der Waals surface area contributed by atoms with Crippen molar-refractivity contribution in [2.24, 2.45) is 4.99 Å². The van der Waals surface area contributed by atoms with Crippen molar-refractivity contribution in [1.82, 2.24) is 0 Å². The third kappa shape index (κ3) is 2.91. The van der Waals surface area contributed by atoms with E-state index >= 15 is 0 Å². The van der Waals surface area contributed by atoms with E-state index in [1.54, 1.807) is 6.21 Å². The molecule has 20 heavy (non-hydrogen) atoms.